The van der Waals surface area contributed by atoms with Gasteiger partial charge in [0.05, 0.1) is 6.61 Å². The Bertz CT molecular complexity index is 518. The minimum atomic E-state index is 0.177. The Morgan fingerprint density at radius 2 is 1.79 bits per heavy atom. The van der Waals surface area contributed by atoms with E-state index in [9.17, 15) is 4.79 Å². The molecule has 0 spiro atoms. The van der Waals surface area contributed by atoms with E-state index in [2.05, 4.69) is 17.0 Å². The zero-order valence-electron chi connectivity index (χ0n) is 14.6. The standard InChI is InChI=1S/C19H28N2O3/c1-2-24-18-5-3-16(4-6-18)15-20-9-11-21(12-10-20)19(22)17-7-13-23-14-8-17/h3-6,17H,2,7-15H2,1H3. The summed E-state index contributed by atoms with van der Waals surface area (Å²) in [6.07, 6.45) is 1.76. The highest BCUT2D eigenvalue weighted by Gasteiger charge is 2.28. The van der Waals surface area contributed by atoms with Crippen LogP contribution in [0.5, 0.6) is 5.75 Å². The number of carbonyl (C=O) groups excluding carboxylic acids is 1. The Hall–Kier alpha value is -1.59. The van der Waals surface area contributed by atoms with Crippen LogP contribution in [0.4, 0.5) is 0 Å². The number of benzene rings is 1. The predicted molar refractivity (Wildman–Crippen MR) is 93.0 cm³/mol. The first-order valence-corrected chi connectivity index (χ1v) is 9.07. The van der Waals surface area contributed by atoms with Crippen molar-refractivity contribution in [2.24, 2.45) is 5.92 Å². The molecular weight excluding hydrogens is 304 g/mol. The normalized spacial score (nSPS) is 20.1. The van der Waals surface area contributed by atoms with E-state index in [1.54, 1.807) is 0 Å². The minimum absolute atomic E-state index is 0.177. The summed E-state index contributed by atoms with van der Waals surface area (Å²) in [5, 5.41) is 0. The van der Waals surface area contributed by atoms with Gasteiger partial charge in [0.1, 0.15) is 5.75 Å². The first kappa shape index (κ1) is 17.2. The van der Waals surface area contributed by atoms with E-state index in [-0.39, 0.29) is 5.92 Å². The van der Waals surface area contributed by atoms with Gasteiger partial charge in [-0.25, -0.2) is 0 Å². The Kier molecular flexibility index (Phi) is 6.10. The predicted octanol–water partition coefficient (Wildman–Crippen LogP) is 2.16. The first-order valence-electron chi connectivity index (χ1n) is 9.07. The van der Waals surface area contributed by atoms with E-state index in [1.807, 2.05) is 24.0 Å². The lowest BCUT2D eigenvalue weighted by molar-refractivity contribution is -0.140. The maximum atomic E-state index is 12.6. The number of hydrogen-bond donors (Lipinski definition) is 0. The zero-order valence-corrected chi connectivity index (χ0v) is 14.6. The second kappa shape index (κ2) is 8.49. The molecular formula is C19H28N2O3. The molecule has 2 saturated heterocycles. The number of hydrogen-bond acceptors (Lipinski definition) is 4. The summed E-state index contributed by atoms with van der Waals surface area (Å²) in [6, 6.07) is 8.32. The van der Waals surface area contributed by atoms with Crippen molar-refractivity contribution in [1.82, 2.24) is 9.80 Å². The van der Waals surface area contributed by atoms with Crippen LogP contribution < -0.4 is 4.74 Å². The fraction of sp³-hybridized carbons (Fsp3) is 0.632. The number of carbonyl (C=O) groups is 1. The van der Waals surface area contributed by atoms with Crippen LogP contribution in [0.15, 0.2) is 24.3 Å². The third-order valence-corrected chi connectivity index (χ3v) is 4.90. The smallest absolute Gasteiger partial charge is 0.225 e. The summed E-state index contributed by atoms with van der Waals surface area (Å²) < 4.78 is 10.8. The highest BCUT2D eigenvalue weighted by atomic mass is 16.5. The molecule has 1 aromatic carbocycles. The van der Waals surface area contributed by atoms with E-state index in [0.717, 1.165) is 64.5 Å². The van der Waals surface area contributed by atoms with Crippen LogP contribution in [-0.2, 0) is 16.1 Å². The molecule has 0 radical (unpaired) electrons. The van der Waals surface area contributed by atoms with Crippen molar-refractivity contribution in [3.8, 4) is 5.75 Å². The number of ether oxygens (including phenoxy) is 2. The molecule has 0 aromatic heterocycles. The van der Waals surface area contributed by atoms with Crippen molar-refractivity contribution in [2.45, 2.75) is 26.3 Å². The van der Waals surface area contributed by atoms with Gasteiger partial charge in [-0.1, -0.05) is 12.1 Å². The summed E-state index contributed by atoms with van der Waals surface area (Å²) in [5.41, 5.74) is 1.29. The van der Waals surface area contributed by atoms with Gasteiger partial charge < -0.3 is 14.4 Å². The average molecular weight is 332 g/mol. The molecule has 3 rings (SSSR count). The Morgan fingerprint density at radius 3 is 2.42 bits per heavy atom. The number of amides is 1. The molecule has 2 aliphatic rings. The van der Waals surface area contributed by atoms with Crippen molar-refractivity contribution in [2.75, 3.05) is 46.0 Å². The van der Waals surface area contributed by atoms with Gasteiger partial charge in [0.2, 0.25) is 5.91 Å². The monoisotopic (exact) mass is 332 g/mol. The molecule has 0 bridgehead atoms. The molecule has 132 valence electrons. The Balaban J connectivity index is 1.45. The highest BCUT2D eigenvalue weighted by Crippen LogP contribution is 2.19. The maximum absolute atomic E-state index is 12.6. The van der Waals surface area contributed by atoms with Crippen LogP contribution in [0.1, 0.15) is 25.3 Å². The van der Waals surface area contributed by atoms with Gasteiger partial charge in [0.25, 0.3) is 0 Å². The van der Waals surface area contributed by atoms with Gasteiger partial charge >= 0.3 is 0 Å². The van der Waals surface area contributed by atoms with Crippen LogP contribution in [-0.4, -0.2) is 61.7 Å². The highest BCUT2D eigenvalue weighted by molar-refractivity contribution is 5.79. The second-order valence-corrected chi connectivity index (χ2v) is 6.57. The van der Waals surface area contributed by atoms with E-state index >= 15 is 0 Å². The van der Waals surface area contributed by atoms with Crippen molar-refractivity contribution < 1.29 is 14.3 Å². The Labute approximate surface area is 144 Å². The van der Waals surface area contributed by atoms with Gasteiger partial charge in [0.15, 0.2) is 0 Å². The summed E-state index contributed by atoms with van der Waals surface area (Å²) in [5.74, 6) is 1.43. The molecule has 2 heterocycles. The minimum Gasteiger partial charge on any atom is -0.494 e. The van der Waals surface area contributed by atoms with Crippen LogP contribution in [0.3, 0.4) is 0 Å². The fourth-order valence-corrected chi connectivity index (χ4v) is 3.45. The summed E-state index contributed by atoms with van der Waals surface area (Å²) in [7, 11) is 0. The van der Waals surface area contributed by atoms with Crippen molar-refractivity contribution in [3.63, 3.8) is 0 Å². The fourth-order valence-electron chi connectivity index (χ4n) is 3.45. The first-order chi connectivity index (χ1) is 11.8. The largest absolute Gasteiger partial charge is 0.494 e. The van der Waals surface area contributed by atoms with Gasteiger partial charge in [-0.15, -0.1) is 0 Å². The third-order valence-electron chi connectivity index (χ3n) is 4.90. The summed E-state index contributed by atoms with van der Waals surface area (Å²) >= 11 is 0. The van der Waals surface area contributed by atoms with E-state index in [1.165, 1.54) is 5.56 Å². The molecule has 0 saturated carbocycles. The third kappa shape index (κ3) is 4.48. The molecule has 0 N–H and O–H groups in total. The quantitative estimate of drug-likeness (QED) is 0.829. The van der Waals surface area contributed by atoms with Gasteiger partial charge in [-0.3, -0.25) is 9.69 Å². The number of nitrogens with zero attached hydrogens (tertiary/aromatic N) is 2. The molecule has 0 aliphatic carbocycles. The van der Waals surface area contributed by atoms with Crippen LogP contribution in [0, 0.1) is 5.92 Å². The van der Waals surface area contributed by atoms with E-state index in [0.29, 0.717) is 12.5 Å². The Morgan fingerprint density at radius 1 is 1.12 bits per heavy atom. The SMILES string of the molecule is CCOc1ccc(CN2CCN(C(=O)C3CCOCC3)CC2)cc1. The van der Waals surface area contributed by atoms with Crippen molar-refractivity contribution in [3.05, 3.63) is 29.8 Å². The lowest BCUT2D eigenvalue weighted by Crippen LogP contribution is -2.50. The van der Waals surface area contributed by atoms with Crippen LogP contribution in [0.25, 0.3) is 0 Å². The lowest BCUT2D eigenvalue weighted by atomic mass is 9.98. The molecule has 5 heteroatoms. The van der Waals surface area contributed by atoms with E-state index < -0.39 is 0 Å². The molecule has 24 heavy (non-hydrogen) atoms. The number of piperazine rings is 1. The maximum Gasteiger partial charge on any atom is 0.225 e. The summed E-state index contributed by atoms with van der Waals surface area (Å²) in [6.45, 7) is 8.66. The van der Waals surface area contributed by atoms with Gasteiger partial charge in [-0.2, -0.15) is 0 Å². The molecule has 5 nitrogen and oxygen atoms in total. The van der Waals surface area contributed by atoms with Gasteiger partial charge in [-0.05, 0) is 37.5 Å². The summed E-state index contributed by atoms with van der Waals surface area (Å²) in [4.78, 5) is 17.0. The number of rotatable bonds is 5. The zero-order chi connectivity index (χ0) is 16.8. The second-order valence-electron chi connectivity index (χ2n) is 6.57. The molecule has 1 amide bonds. The van der Waals surface area contributed by atoms with Crippen LogP contribution in [0.2, 0.25) is 0 Å². The van der Waals surface area contributed by atoms with Crippen molar-refractivity contribution in [1.29, 1.82) is 0 Å². The van der Waals surface area contributed by atoms with Crippen LogP contribution >= 0.6 is 0 Å². The lowest BCUT2D eigenvalue weighted by Gasteiger charge is -2.37. The topological polar surface area (TPSA) is 42.0 Å². The average Bonchev–Trinajstić information content (AvgIpc) is 2.64. The van der Waals surface area contributed by atoms with Gasteiger partial charge in [0, 0.05) is 51.9 Å². The molecule has 0 unspecified atom stereocenters. The molecule has 2 fully saturated rings. The van der Waals surface area contributed by atoms with E-state index in [4.69, 9.17) is 9.47 Å². The molecule has 1 aromatic rings. The molecule has 0 atom stereocenters. The van der Waals surface area contributed by atoms with Crippen molar-refractivity contribution >= 4 is 5.91 Å². The molecule has 2 aliphatic heterocycles.